The van der Waals surface area contributed by atoms with Crippen LogP contribution in [-0.2, 0) is 10.3 Å². The van der Waals surface area contributed by atoms with Crippen LogP contribution in [0, 0.1) is 26.4 Å². The van der Waals surface area contributed by atoms with Gasteiger partial charge in [-0.3, -0.25) is 12.1 Å². The molecule has 0 bridgehead atoms. The van der Waals surface area contributed by atoms with Gasteiger partial charge in [0, 0.05) is 31.5 Å². The molecule has 2 aliphatic rings. The minimum Gasteiger partial charge on any atom is -0.559 e. The SMILES string of the molecule is O=C1OC2(c3c[c-]c(O)[c-]c3Oc3cc(O)ccc32)c2c(I)c(I)c(I)c(I)c21.[Na+].[Na+]. The van der Waals surface area contributed by atoms with Crippen molar-refractivity contribution in [2.24, 2.45) is 0 Å². The molecule has 0 saturated carbocycles. The van der Waals surface area contributed by atoms with E-state index in [9.17, 15) is 15.0 Å². The number of halogens is 4. The first-order valence-electron chi connectivity index (χ1n) is 8.04. The Morgan fingerprint density at radius 2 is 1.61 bits per heavy atom. The van der Waals surface area contributed by atoms with Crippen molar-refractivity contribution in [3.63, 3.8) is 0 Å². The van der Waals surface area contributed by atoms with Crippen LogP contribution >= 0.6 is 90.4 Å². The number of carbonyl (C=O) groups excluding carboxylic acids is 1. The van der Waals surface area contributed by atoms with Crippen molar-refractivity contribution in [3.8, 4) is 23.0 Å². The number of hydrogen-bond donors (Lipinski definition) is 2. The molecule has 0 aliphatic carbocycles. The molecule has 11 heteroatoms. The maximum Gasteiger partial charge on any atom is 1.00 e. The number of ether oxygens (including phenoxy) is 2. The Labute approximate surface area is 276 Å². The number of aromatic hydroxyl groups is 2. The van der Waals surface area contributed by atoms with E-state index in [-0.39, 0.29) is 76.4 Å². The van der Waals surface area contributed by atoms with E-state index in [1.54, 1.807) is 12.1 Å². The maximum absolute atomic E-state index is 13.1. The fraction of sp³-hybridized carbons (Fsp3) is 0.0500. The first kappa shape index (κ1) is 27.0. The summed E-state index contributed by atoms with van der Waals surface area (Å²) in [5.41, 5.74) is 1.06. The summed E-state index contributed by atoms with van der Waals surface area (Å²) in [4.78, 5) is 13.1. The van der Waals surface area contributed by atoms with E-state index in [1.165, 1.54) is 12.1 Å². The number of fused-ring (bicyclic) bond motifs is 6. The Kier molecular flexibility index (Phi) is 8.58. The summed E-state index contributed by atoms with van der Waals surface area (Å²) < 4.78 is 15.8. The zero-order chi connectivity index (χ0) is 20.7. The van der Waals surface area contributed by atoms with E-state index in [2.05, 4.69) is 102 Å². The zero-order valence-electron chi connectivity index (χ0n) is 15.9. The largest absolute Gasteiger partial charge is 1.00 e. The first-order chi connectivity index (χ1) is 13.8. The molecule has 1 unspecified atom stereocenters. The van der Waals surface area contributed by atoms with Crippen molar-refractivity contribution in [1.29, 1.82) is 0 Å². The second kappa shape index (κ2) is 9.84. The van der Waals surface area contributed by atoms with Crippen molar-refractivity contribution < 1.29 is 83.6 Å². The molecule has 2 N–H and O–H groups in total. The minimum absolute atomic E-state index is 0. The van der Waals surface area contributed by atoms with Gasteiger partial charge in [-0.1, -0.05) is 5.75 Å². The van der Waals surface area contributed by atoms with E-state index >= 15 is 0 Å². The van der Waals surface area contributed by atoms with Gasteiger partial charge in [0.1, 0.15) is 17.1 Å². The molecule has 146 valence electrons. The van der Waals surface area contributed by atoms with E-state index in [1.807, 2.05) is 0 Å². The summed E-state index contributed by atoms with van der Waals surface area (Å²) >= 11 is 8.92. The van der Waals surface area contributed by atoms with Gasteiger partial charge in [-0.15, -0.1) is 5.75 Å². The van der Waals surface area contributed by atoms with Gasteiger partial charge in [0.15, 0.2) is 0 Å². The summed E-state index contributed by atoms with van der Waals surface area (Å²) in [6.45, 7) is 0. The van der Waals surface area contributed by atoms with Crippen LogP contribution in [0.15, 0.2) is 24.3 Å². The van der Waals surface area contributed by atoms with Crippen LogP contribution in [0.25, 0.3) is 0 Å². The molecular weight excluding hydrogens is 874 g/mol. The van der Waals surface area contributed by atoms with Crippen LogP contribution in [0.1, 0.15) is 27.0 Å². The normalized spacial score (nSPS) is 17.5. The Morgan fingerprint density at radius 1 is 0.935 bits per heavy atom. The molecule has 2 aliphatic heterocycles. The number of hydrogen-bond acceptors (Lipinski definition) is 5. The third-order valence-electron chi connectivity index (χ3n) is 4.83. The van der Waals surface area contributed by atoms with Crippen molar-refractivity contribution in [2.45, 2.75) is 5.60 Å². The Balaban J connectivity index is 0.00000136. The summed E-state index contributed by atoms with van der Waals surface area (Å²) in [5.74, 6) is -0.0797. The minimum atomic E-state index is -1.29. The second-order valence-corrected chi connectivity index (χ2v) is 10.7. The van der Waals surface area contributed by atoms with Crippen molar-refractivity contribution in [2.75, 3.05) is 0 Å². The van der Waals surface area contributed by atoms with E-state index < -0.39 is 11.6 Å². The first-order valence-corrected chi connectivity index (χ1v) is 12.4. The van der Waals surface area contributed by atoms with E-state index in [0.717, 1.165) is 19.8 Å². The number of carbonyl (C=O) groups is 1. The van der Waals surface area contributed by atoms with E-state index in [4.69, 9.17) is 9.47 Å². The number of phenols is 2. The molecule has 3 aromatic rings. The van der Waals surface area contributed by atoms with Crippen LogP contribution in [0.5, 0.6) is 23.0 Å². The third-order valence-corrected chi connectivity index (χ3v) is 12.2. The van der Waals surface area contributed by atoms with Gasteiger partial charge >= 0.3 is 65.1 Å². The molecule has 5 nitrogen and oxygen atoms in total. The van der Waals surface area contributed by atoms with E-state index in [0.29, 0.717) is 22.4 Å². The van der Waals surface area contributed by atoms with Gasteiger partial charge in [0.05, 0.1) is 5.56 Å². The van der Waals surface area contributed by atoms with Gasteiger partial charge in [-0.25, -0.2) is 4.79 Å². The van der Waals surface area contributed by atoms with Crippen LogP contribution in [0.4, 0.5) is 0 Å². The topological polar surface area (TPSA) is 76.0 Å². The fourth-order valence-corrected chi connectivity index (χ4v) is 7.46. The molecule has 1 atom stereocenters. The molecule has 31 heavy (non-hydrogen) atoms. The average Bonchev–Trinajstić information content (AvgIpc) is 2.97. The number of rotatable bonds is 0. The average molecular weight is 880 g/mol. The number of esters is 1. The van der Waals surface area contributed by atoms with Crippen molar-refractivity contribution in [3.05, 3.63) is 72.9 Å². The third kappa shape index (κ3) is 4.01. The molecule has 0 aromatic heterocycles. The summed E-state index contributed by atoms with van der Waals surface area (Å²) in [6, 6.07) is 11.7. The van der Waals surface area contributed by atoms with Crippen LogP contribution < -0.4 is 63.9 Å². The molecule has 0 fully saturated rings. The second-order valence-electron chi connectivity index (χ2n) is 6.36. The maximum atomic E-state index is 13.1. The van der Waals surface area contributed by atoms with Gasteiger partial charge in [0.2, 0.25) is 0 Å². The predicted molar refractivity (Wildman–Crippen MR) is 137 cm³/mol. The molecule has 3 aromatic carbocycles. The predicted octanol–water partition coefficient (Wildman–Crippen LogP) is -0.307. The Morgan fingerprint density at radius 3 is 2.32 bits per heavy atom. The van der Waals surface area contributed by atoms with Crippen LogP contribution in [-0.4, -0.2) is 16.2 Å². The van der Waals surface area contributed by atoms with Crippen LogP contribution in [0.3, 0.4) is 0 Å². The quantitative estimate of drug-likeness (QED) is 0.0812. The van der Waals surface area contributed by atoms with Crippen LogP contribution in [0.2, 0.25) is 0 Å². The monoisotopic (exact) mass is 880 g/mol. The Hall–Kier alpha value is 1.45. The number of benzene rings is 3. The fourth-order valence-electron chi connectivity index (χ4n) is 3.67. The molecule has 2 heterocycles. The smallest absolute Gasteiger partial charge is 0.559 e. The summed E-state index contributed by atoms with van der Waals surface area (Å²) in [7, 11) is 0. The molecule has 1 spiro atoms. The molecule has 0 amide bonds. The standard InChI is InChI=1S/C20H6I4O5.2Na/c21-15-13-14(16(22)18(24)17(15)23)20(29-19(13)27)9-3-1-7(25)5-11(9)28-12-6-8(26)2-4-10(12)20;;/h1,3-5,25-26H;;/q-2;2*+1. The number of phenolic OH excluding ortho intramolecular Hbond substituents is 2. The summed E-state index contributed by atoms with van der Waals surface area (Å²) in [6.07, 6.45) is 0. The van der Waals surface area contributed by atoms with Gasteiger partial charge in [-0.2, -0.15) is 5.56 Å². The molecule has 0 saturated heterocycles. The molecule has 5 rings (SSSR count). The van der Waals surface area contributed by atoms with Gasteiger partial charge in [0.25, 0.3) is 0 Å². The molecule has 0 radical (unpaired) electrons. The van der Waals surface area contributed by atoms with Gasteiger partial charge < -0.3 is 25.8 Å². The Bertz CT molecular complexity index is 1210. The van der Waals surface area contributed by atoms with Gasteiger partial charge in [-0.05, 0) is 102 Å². The zero-order valence-corrected chi connectivity index (χ0v) is 28.6. The molecular formula is C20H6I4Na2O5. The van der Waals surface area contributed by atoms with Crippen molar-refractivity contribution >= 4 is 96.3 Å². The van der Waals surface area contributed by atoms with Crippen molar-refractivity contribution in [1.82, 2.24) is 0 Å². The summed E-state index contributed by atoms with van der Waals surface area (Å²) in [5, 5.41) is 19.9.